The normalized spacial score (nSPS) is 13.5. The second-order valence-corrected chi connectivity index (χ2v) is 10.3. The van der Waals surface area contributed by atoms with Crippen LogP contribution in [0.4, 0.5) is 16.0 Å². The molecule has 0 radical (unpaired) electrons. The SMILES string of the molecule is COc1ccc(-c2cc(-c3cccc(F)c3)c3c(N)c(C(=O)Nc4c[n+](N5CCCCC5)no4)sc3n2)cc1. The van der Waals surface area contributed by atoms with Gasteiger partial charge in [-0.15, -0.1) is 11.3 Å². The highest BCUT2D eigenvalue weighted by Crippen LogP contribution is 2.41. The molecule has 1 amide bonds. The van der Waals surface area contributed by atoms with Crippen LogP contribution in [0.25, 0.3) is 32.6 Å². The van der Waals surface area contributed by atoms with Crippen molar-refractivity contribution in [2.24, 2.45) is 0 Å². The lowest BCUT2D eigenvalue weighted by atomic mass is 9.99. The average Bonchev–Trinajstić information content (AvgIpc) is 3.57. The van der Waals surface area contributed by atoms with E-state index in [9.17, 15) is 9.18 Å². The van der Waals surface area contributed by atoms with Crippen molar-refractivity contribution >= 4 is 39.0 Å². The van der Waals surface area contributed by atoms with E-state index in [1.807, 2.05) is 30.3 Å². The lowest BCUT2D eigenvalue weighted by Gasteiger charge is -2.17. The van der Waals surface area contributed by atoms with E-state index in [1.165, 1.54) is 29.9 Å². The molecule has 4 heterocycles. The molecule has 0 unspecified atom stereocenters. The third kappa shape index (κ3) is 4.88. The number of nitrogen functional groups attached to an aromatic ring is 1. The second-order valence-electron chi connectivity index (χ2n) is 9.27. The van der Waals surface area contributed by atoms with E-state index in [0.717, 1.165) is 37.2 Å². The molecule has 0 spiro atoms. The molecule has 0 saturated carbocycles. The van der Waals surface area contributed by atoms with E-state index >= 15 is 0 Å². The summed E-state index contributed by atoms with van der Waals surface area (Å²) in [5.41, 5.74) is 9.65. The van der Waals surface area contributed by atoms with Crippen LogP contribution in [0, 0.1) is 5.82 Å². The van der Waals surface area contributed by atoms with Crippen LogP contribution in [-0.4, -0.2) is 36.4 Å². The largest absolute Gasteiger partial charge is 0.497 e. The molecule has 1 fully saturated rings. The number of methoxy groups -OCH3 is 1. The van der Waals surface area contributed by atoms with Gasteiger partial charge in [-0.2, -0.15) is 5.01 Å². The molecule has 2 aromatic carbocycles. The highest BCUT2D eigenvalue weighted by atomic mass is 32.1. The molecule has 0 aliphatic carbocycles. The molecule has 1 aliphatic rings. The van der Waals surface area contributed by atoms with Gasteiger partial charge in [0.05, 0.1) is 36.4 Å². The number of hydrogen-bond donors (Lipinski definition) is 2. The first-order chi connectivity index (χ1) is 19.0. The van der Waals surface area contributed by atoms with Gasteiger partial charge in [-0.3, -0.25) is 14.6 Å². The zero-order chi connectivity index (χ0) is 26.9. The molecule has 1 saturated heterocycles. The minimum Gasteiger partial charge on any atom is -0.497 e. The molecule has 0 bridgehead atoms. The number of anilines is 2. The summed E-state index contributed by atoms with van der Waals surface area (Å²) in [7, 11) is 1.61. The maximum absolute atomic E-state index is 14.2. The first-order valence-electron chi connectivity index (χ1n) is 12.6. The number of halogens is 1. The van der Waals surface area contributed by atoms with Crippen molar-refractivity contribution in [1.29, 1.82) is 0 Å². The number of ether oxygens (including phenoxy) is 1. The number of rotatable bonds is 6. The number of aromatic nitrogens is 3. The topological polar surface area (TPSA) is 110 Å². The predicted octanol–water partition coefficient (Wildman–Crippen LogP) is 5.01. The molecule has 9 nitrogen and oxygen atoms in total. The smallest absolute Gasteiger partial charge is 0.306 e. The van der Waals surface area contributed by atoms with Crippen molar-refractivity contribution in [1.82, 2.24) is 10.3 Å². The Morgan fingerprint density at radius 1 is 1.13 bits per heavy atom. The van der Waals surface area contributed by atoms with Gasteiger partial charge in [0, 0.05) is 10.9 Å². The molecule has 3 N–H and O–H groups in total. The fourth-order valence-corrected chi connectivity index (χ4v) is 5.78. The molecule has 0 atom stereocenters. The number of thiophene rings is 1. The Hall–Kier alpha value is -4.51. The Labute approximate surface area is 227 Å². The average molecular weight is 546 g/mol. The minimum atomic E-state index is -0.436. The number of amides is 1. The van der Waals surface area contributed by atoms with Crippen molar-refractivity contribution in [3.8, 4) is 28.1 Å². The van der Waals surface area contributed by atoms with Crippen molar-refractivity contribution in [2.75, 3.05) is 36.3 Å². The van der Waals surface area contributed by atoms with Crippen molar-refractivity contribution in [2.45, 2.75) is 19.3 Å². The van der Waals surface area contributed by atoms with Crippen LogP contribution in [0.2, 0.25) is 0 Å². The summed E-state index contributed by atoms with van der Waals surface area (Å²) in [5, 5.41) is 9.45. The summed E-state index contributed by atoms with van der Waals surface area (Å²) in [6.45, 7) is 1.75. The van der Waals surface area contributed by atoms with Crippen LogP contribution in [0.1, 0.15) is 28.9 Å². The Kier molecular flexibility index (Phi) is 6.57. The summed E-state index contributed by atoms with van der Waals surface area (Å²) in [5.74, 6) is 0.120. The van der Waals surface area contributed by atoms with Gasteiger partial charge in [-0.1, -0.05) is 12.1 Å². The van der Waals surface area contributed by atoms with E-state index in [0.29, 0.717) is 27.0 Å². The third-order valence-electron chi connectivity index (χ3n) is 6.74. The first-order valence-corrected chi connectivity index (χ1v) is 13.4. The number of benzene rings is 2. The highest BCUT2D eigenvalue weighted by molar-refractivity contribution is 7.21. The van der Waals surface area contributed by atoms with Crippen LogP contribution in [-0.2, 0) is 0 Å². The molecular weight excluding hydrogens is 519 g/mol. The van der Waals surface area contributed by atoms with Crippen LogP contribution >= 0.6 is 11.3 Å². The Morgan fingerprint density at radius 2 is 1.92 bits per heavy atom. The fourth-order valence-electron chi connectivity index (χ4n) is 4.76. The minimum absolute atomic E-state index is 0.208. The highest BCUT2D eigenvalue weighted by Gasteiger charge is 2.26. The van der Waals surface area contributed by atoms with Crippen LogP contribution < -0.4 is 25.6 Å². The molecule has 6 rings (SSSR count). The van der Waals surface area contributed by atoms with Gasteiger partial charge < -0.3 is 10.5 Å². The van der Waals surface area contributed by atoms with Gasteiger partial charge in [0.2, 0.25) is 5.27 Å². The molecule has 198 valence electrons. The molecule has 1 aliphatic heterocycles. The van der Waals surface area contributed by atoms with E-state index in [-0.39, 0.29) is 22.3 Å². The van der Waals surface area contributed by atoms with Gasteiger partial charge in [0.15, 0.2) is 0 Å². The Morgan fingerprint density at radius 3 is 2.67 bits per heavy atom. The van der Waals surface area contributed by atoms with Gasteiger partial charge in [-0.25, -0.2) is 9.37 Å². The maximum Gasteiger partial charge on any atom is 0.306 e. The molecule has 3 aromatic heterocycles. The van der Waals surface area contributed by atoms with Gasteiger partial charge in [0.1, 0.15) is 21.3 Å². The Bertz CT molecular complexity index is 1660. The molecule has 5 aromatic rings. The molecular formula is C28H26FN6O3S+. The second kappa shape index (κ2) is 10.3. The number of fused-ring (bicyclic) bond motifs is 1. The van der Waals surface area contributed by atoms with Gasteiger partial charge >= 0.3 is 5.88 Å². The predicted molar refractivity (Wildman–Crippen MR) is 148 cm³/mol. The van der Waals surface area contributed by atoms with Crippen LogP contribution in [0.3, 0.4) is 0 Å². The van der Waals surface area contributed by atoms with Crippen molar-refractivity contribution in [3.05, 3.63) is 71.5 Å². The van der Waals surface area contributed by atoms with E-state index in [4.69, 9.17) is 20.0 Å². The maximum atomic E-state index is 14.2. The number of nitrogens with zero attached hydrogens (tertiary/aromatic N) is 4. The standard InChI is InChI=1S/C28H25FN6O3S/c1-37-20-10-8-17(9-11-20)22-15-21(18-6-5-7-19(29)14-18)24-25(30)26(39-28(24)31-22)27(36)32-23-16-35(33-38-23)34-12-3-2-4-13-34/h5-11,14-16H,2-4,12-13H2,1H3,(H2-,30,32,33,36)/p+1. The zero-order valence-electron chi connectivity index (χ0n) is 21.2. The van der Waals surface area contributed by atoms with E-state index < -0.39 is 5.91 Å². The Balaban J connectivity index is 1.39. The summed E-state index contributed by atoms with van der Waals surface area (Å²) in [6, 6.07) is 15.6. The summed E-state index contributed by atoms with van der Waals surface area (Å²) in [4.78, 5) is 20.6. The number of hydrogen-bond acceptors (Lipinski definition) is 8. The molecule has 11 heteroatoms. The van der Waals surface area contributed by atoms with Crippen molar-refractivity contribution < 1.29 is 23.2 Å². The van der Waals surface area contributed by atoms with Gasteiger partial charge in [0.25, 0.3) is 12.1 Å². The number of piperidine rings is 1. The number of pyridine rings is 1. The monoisotopic (exact) mass is 545 g/mol. The first kappa shape index (κ1) is 24.8. The van der Waals surface area contributed by atoms with E-state index in [1.54, 1.807) is 30.2 Å². The van der Waals surface area contributed by atoms with E-state index in [2.05, 4.69) is 15.6 Å². The lowest BCUT2D eigenvalue weighted by molar-refractivity contribution is -0.759. The number of nitrogens with one attached hydrogen (secondary N) is 1. The number of carbonyl (C=O) groups is 1. The number of nitrogens with two attached hydrogens (primary N) is 1. The summed E-state index contributed by atoms with van der Waals surface area (Å²) >= 11 is 1.17. The molecule has 39 heavy (non-hydrogen) atoms. The summed E-state index contributed by atoms with van der Waals surface area (Å²) < 4.78 is 24.9. The summed E-state index contributed by atoms with van der Waals surface area (Å²) in [6.07, 6.45) is 5.00. The lowest BCUT2D eigenvalue weighted by Crippen LogP contribution is -2.60. The third-order valence-corrected chi connectivity index (χ3v) is 7.84. The zero-order valence-corrected chi connectivity index (χ0v) is 22.0. The van der Waals surface area contributed by atoms with Gasteiger partial charge in [-0.05, 0) is 72.9 Å². The number of carbonyl (C=O) groups excluding carboxylic acids is 1. The quantitative estimate of drug-likeness (QED) is 0.289. The fraction of sp³-hybridized carbons (Fsp3) is 0.214. The van der Waals surface area contributed by atoms with Crippen LogP contribution in [0.5, 0.6) is 5.75 Å². The van der Waals surface area contributed by atoms with Crippen molar-refractivity contribution in [3.63, 3.8) is 0 Å². The van der Waals surface area contributed by atoms with Crippen LogP contribution in [0.15, 0.2) is 65.3 Å².